The Labute approximate surface area is 143 Å². The predicted octanol–water partition coefficient (Wildman–Crippen LogP) is 3.41. The fourth-order valence-electron chi connectivity index (χ4n) is 3.19. The fourth-order valence-corrected chi connectivity index (χ4v) is 3.19. The molecule has 23 heavy (non-hydrogen) atoms. The van der Waals surface area contributed by atoms with Gasteiger partial charge < -0.3 is 9.64 Å². The van der Waals surface area contributed by atoms with Crippen LogP contribution in [0.15, 0.2) is 0 Å². The van der Waals surface area contributed by atoms with Gasteiger partial charge in [0.1, 0.15) is 0 Å². The molecule has 0 radical (unpaired) electrons. The Hall–Kier alpha value is -0.610. The average molecular weight is 327 g/mol. The lowest BCUT2D eigenvalue weighted by molar-refractivity contribution is -0.142. The molecule has 1 atom stereocenters. The van der Waals surface area contributed by atoms with E-state index in [-0.39, 0.29) is 11.0 Å². The minimum absolute atomic E-state index is 0.0520. The Kier molecular flexibility index (Phi) is 7.53. The summed E-state index contributed by atoms with van der Waals surface area (Å²) in [4.78, 5) is 17.1. The summed E-state index contributed by atoms with van der Waals surface area (Å²) in [6.45, 7) is 17.6. The van der Waals surface area contributed by atoms with E-state index in [0.29, 0.717) is 11.8 Å². The maximum atomic E-state index is 12.6. The zero-order chi connectivity index (χ0) is 17.7. The average Bonchev–Trinajstić information content (AvgIpc) is 2.54. The van der Waals surface area contributed by atoms with E-state index in [1.165, 1.54) is 6.42 Å². The lowest BCUT2D eigenvalue weighted by Gasteiger charge is -2.40. The van der Waals surface area contributed by atoms with Gasteiger partial charge in [0.2, 0.25) is 5.91 Å². The van der Waals surface area contributed by atoms with E-state index in [4.69, 9.17) is 4.74 Å². The van der Waals surface area contributed by atoms with Crippen molar-refractivity contribution >= 4 is 5.91 Å². The summed E-state index contributed by atoms with van der Waals surface area (Å²) in [6, 6.07) is 0. The highest BCUT2D eigenvalue weighted by Gasteiger charge is 2.32. The van der Waals surface area contributed by atoms with Gasteiger partial charge in [0, 0.05) is 45.2 Å². The molecule has 1 amide bonds. The highest BCUT2D eigenvalue weighted by Crippen LogP contribution is 2.25. The van der Waals surface area contributed by atoms with Gasteiger partial charge in [-0.3, -0.25) is 9.69 Å². The second-order valence-electron chi connectivity index (χ2n) is 8.27. The first kappa shape index (κ1) is 20.4. The molecule has 1 aliphatic rings. The largest absolute Gasteiger partial charge is 0.379 e. The first-order valence-corrected chi connectivity index (χ1v) is 9.22. The standard InChI is InChI=1S/C19H38N2O2/c1-8-16(14-19(5,6)23-7)15-20-10-12-21(13-11-20)17(22)18(3,4)9-2/h16H,8-15H2,1-7H3. The maximum absolute atomic E-state index is 12.6. The molecule has 1 unspecified atom stereocenters. The quantitative estimate of drug-likeness (QED) is 0.685. The van der Waals surface area contributed by atoms with Gasteiger partial charge in [0.15, 0.2) is 0 Å². The molecule has 1 saturated heterocycles. The van der Waals surface area contributed by atoms with Crippen molar-refractivity contribution in [1.29, 1.82) is 0 Å². The summed E-state index contributed by atoms with van der Waals surface area (Å²) in [6.07, 6.45) is 3.16. The lowest BCUT2D eigenvalue weighted by Crippen LogP contribution is -2.52. The van der Waals surface area contributed by atoms with Crippen molar-refractivity contribution in [1.82, 2.24) is 9.80 Å². The molecule has 1 rings (SSSR count). The number of hydrogen-bond donors (Lipinski definition) is 0. The third-order valence-electron chi connectivity index (χ3n) is 5.55. The van der Waals surface area contributed by atoms with Crippen LogP contribution in [-0.4, -0.2) is 61.1 Å². The molecule has 0 aromatic heterocycles. The molecule has 0 aromatic rings. The van der Waals surface area contributed by atoms with Crippen molar-refractivity contribution in [2.45, 2.75) is 66.4 Å². The SMILES string of the molecule is CCC(CN1CCN(C(=O)C(C)(C)CC)CC1)CC(C)(C)OC. The number of piperazine rings is 1. The summed E-state index contributed by atoms with van der Waals surface area (Å²) in [7, 11) is 1.80. The van der Waals surface area contributed by atoms with Crippen molar-refractivity contribution in [2.75, 3.05) is 39.8 Å². The van der Waals surface area contributed by atoms with Gasteiger partial charge in [0.05, 0.1) is 5.60 Å². The van der Waals surface area contributed by atoms with Gasteiger partial charge in [-0.05, 0) is 32.6 Å². The minimum atomic E-state index is -0.226. The highest BCUT2D eigenvalue weighted by molar-refractivity contribution is 5.82. The van der Waals surface area contributed by atoms with Gasteiger partial charge in [-0.25, -0.2) is 0 Å². The van der Waals surface area contributed by atoms with E-state index in [1.54, 1.807) is 7.11 Å². The van der Waals surface area contributed by atoms with Crippen molar-refractivity contribution in [3.05, 3.63) is 0 Å². The maximum Gasteiger partial charge on any atom is 0.228 e. The molecule has 0 bridgehead atoms. The minimum Gasteiger partial charge on any atom is -0.379 e. The van der Waals surface area contributed by atoms with Crippen molar-refractivity contribution in [3.8, 4) is 0 Å². The molecule has 0 N–H and O–H groups in total. The summed E-state index contributed by atoms with van der Waals surface area (Å²) < 4.78 is 5.59. The van der Waals surface area contributed by atoms with E-state index >= 15 is 0 Å². The van der Waals surface area contributed by atoms with Crippen LogP contribution in [0.4, 0.5) is 0 Å². The fraction of sp³-hybridized carbons (Fsp3) is 0.947. The van der Waals surface area contributed by atoms with Gasteiger partial charge in [0.25, 0.3) is 0 Å². The topological polar surface area (TPSA) is 32.8 Å². The number of amides is 1. The second-order valence-corrected chi connectivity index (χ2v) is 8.27. The third kappa shape index (κ3) is 6.07. The molecule has 0 spiro atoms. The number of methoxy groups -OCH3 is 1. The van der Waals surface area contributed by atoms with Gasteiger partial charge in [-0.1, -0.05) is 34.1 Å². The monoisotopic (exact) mass is 326 g/mol. The molecular formula is C19H38N2O2. The second kappa shape index (κ2) is 8.48. The van der Waals surface area contributed by atoms with E-state index in [1.807, 2.05) is 0 Å². The van der Waals surface area contributed by atoms with E-state index in [0.717, 1.165) is 45.6 Å². The molecular weight excluding hydrogens is 288 g/mol. The number of rotatable bonds is 8. The number of carbonyl (C=O) groups excluding carboxylic acids is 1. The number of hydrogen-bond acceptors (Lipinski definition) is 3. The van der Waals surface area contributed by atoms with Crippen molar-refractivity contribution in [3.63, 3.8) is 0 Å². The van der Waals surface area contributed by atoms with Gasteiger partial charge >= 0.3 is 0 Å². The zero-order valence-electron chi connectivity index (χ0n) is 16.4. The molecule has 136 valence electrons. The Morgan fingerprint density at radius 2 is 1.65 bits per heavy atom. The molecule has 4 heteroatoms. The van der Waals surface area contributed by atoms with E-state index in [2.05, 4.69) is 51.3 Å². The van der Waals surface area contributed by atoms with Crippen molar-refractivity contribution < 1.29 is 9.53 Å². The van der Waals surface area contributed by atoms with E-state index < -0.39 is 0 Å². The number of carbonyl (C=O) groups is 1. The highest BCUT2D eigenvalue weighted by atomic mass is 16.5. The molecule has 0 aliphatic carbocycles. The van der Waals surface area contributed by atoms with Crippen LogP contribution in [0.1, 0.15) is 60.8 Å². The zero-order valence-corrected chi connectivity index (χ0v) is 16.4. The molecule has 1 heterocycles. The normalized spacial score (nSPS) is 19.0. The van der Waals surface area contributed by atoms with E-state index in [9.17, 15) is 4.79 Å². The lowest BCUT2D eigenvalue weighted by atomic mass is 9.88. The summed E-state index contributed by atoms with van der Waals surface area (Å²) in [5.41, 5.74) is -0.278. The summed E-state index contributed by atoms with van der Waals surface area (Å²) in [5.74, 6) is 0.964. The summed E-state index contributed by atoms with van der Waals surface area (Å²) >= 11 is 0. The van der Waals surface area contributed by atoms with Crippen LogP contribution in [0.5, 0.6) is 0 Å². The van der Waals surface area contributed by atoms with Crippen LogP contribution in [0.2, 0.25) is 0 Å². The van der Waals surface area contributed by atoms with Crippen LogP contribution in [0, 0.1) is 11.3 Å². The van der Waals surface area contributed by atoms with Crippen molar-refractivity contribution in [2.24, 2.45) is 11.3 Å². The Bertz CT molecular complexity index is 372. The molecule has 0 saturated carbocycles. The Balaban J connectivity index is 2.48. The first-order valence-electron chi connectivity index (χ1n) is 9.22. The Morgan fingerprint density at radius 1 is 1.09 bits per heavy atom. The number of nitrogens with zero attached hydrogens (tertiary/aromatic N) is 2. The van der Waals surface area contributed by atoms with Crippen LogP contribution >= 0.6 is 0 Å². The molecule has 4 nitrogen and oxygen atoms in total. The molecule has 1 aliphatic heterocycles. The number of ether oxygens (including phenoxy) is 1. The molecule has 0 aromatic carbocycles. The third-order valence-corrected chi connectivity index (χ3v) is 5.55. The molecule has 1 fully saturated rings. The van der Waals surface area contributed by atoms with Crippen LogP contribution in [-0.2, 0) is 9.53 Å². The summed E-state index contributed by atoms with van der Waals surface area (Å²) in [5, 5.41) is 0. The first-order chi connectivity index (χ1) is 10.6. The van der Waals surface area contributed by atoms with Crippen LogP contribution < -0.4 is 0 Å². The van der Waals surface area contributed by atoms with Gasteiger partial charge in [-0.2, -0.15) is 0 Å². The smallest absolute Gasteiger partial charge is 0.228 e. The van der Waals surface area contributed by atoms with Crippen LogP contribution in [0.25, 0.3) is 0 Å². The van der Waals surface area contributed by atoms with Crippen LogP contribution in [0.3, 0.4) is 0 Å². The Morgan fingerprint density at radius 3 is 2.09 bits per heavy atom. The predicted molar refractivity (Wildman–Crippen MR) is 96.6 cm³/mol. The van der Waals surface area contributed by atoms with Gasteiger partial charge in [-0.15, -0.1) is 0 Å².